The summed E-state index contributed by atoms with van der Waals surface area (Å²) in [6.07, 6.45) is 6.58. The zero-order valence-electron chi connectivity index (χ0n) is 10.9. The normalized spacial score (nSPS) is 20.2. The molecule has 0 heterocycles. The number of hydrogen-bond acceptors (Lipinski definition) is 2. The predicted octanol–water partition coefficient (Wildman–Crippen LogP) is 2.86. The van der Waals surface area contributed by atoms with Gasteiger partial charge in [0.1, 0.15) is 0 Å². The monoisotopic (exact) mass is 246 g/mol. The first-order valence-corrected chi connectivity index (χ1v) is 7.33. The quantitative estimate of drug-likeness (QED) is 0.695. The lowest BCUT2D eigenvalue weighted by Crippen LogP contribution is -2.50. The molecule has 0 aromatic heterocycles. The summed E-state index contributed by atoms with van der Waals surface area (Å²) in [5.74, 6) is 0.769. The maximum atomic E-state index is 6.14. The Kier molecular flexibility index (Phi) is 6.71. The molecule has 0 spiro atoms. The third-order valence-corrected chi connectivity index (χ3v) is 4.40. The van der Waals surface area contributed by atoms with Crippen LogP contribution in [0.2, 0.25) is 0 Å². The van der Waals surface area contributed by atoms with Gasteiger partial charge in [0.2, 0.25) is 0 Å². The Morgan fingerprint density at radius 1 is 1.12 bits per heavy atom. The highest BCUT2D eigenvalue weighted by Crippen LogP contribution is 2.28. The summed E-state index contributed by atoms with van der Waals surface area (Å²) in [5, 5.41) is 3.71. The largest absolute Gasteiger partial charge is 0.309 e. The van der Waals surface area contributed by atoms with E-state index in [1.807, 2.05) is 0 Å². The van der Waals surface area contributed by atoms with Gasteiger partial charge in [0.05, 0.1) is 0 Å². The van der Waals surface area contributed by atoms with Crippen LogP contribution in [0.15, 0.2) is 0 Å². The molecule has 0 atom stereocenters. The minimum absolute atomic E-state index is 0.243. The first kappa shape index (κ1) is 14.3. The molecule has 0 aromatic carbocycles. The third kappa shape index (κ3) is 4.23. The van der Waals surface area contributed by atoms with Gasteiger partial charge in [-0.3, -0.25) is 0 Å². The lowest BCUT2D eigenvalue weighted by Gasteiger charge is -2.37. The van der Waals surface area contributed by atoms with Crippen LogP contribution < -0.4 is 5.32 Å². The fraction of sp³-hybridized carbons (Fsp3) is 1.00. The molecule has 0 aromatic rings. The molecule has 1 N–H and O–H groups in total. The number of hydrogen-bond donors (Lipinski definition) is 1. The van der Waals surface area contributed by atoms with Crippen molar-refractivity contribution in [1.82, 2.24) is 10.2 Å². The lowest BCUT2D eigenvalue weighted by atomic mass is 9.83. The van der Waals surface area contributed by atoms with Crippen LogP contribution in [0.4, 0.5) is 0 Å². The van der Waals surface area contributed by atoms with Gasteiger partial charge in [-0.05, 0) is 25.9 Å². The summed E-state index contributed by atoms with van der Waals surface area (Å²) < 4.78 is 0. The summed E-state index contributed by atoms with van der Waals surface area (Å²) in [5.41, 5.74) is 0.243. The first-order valence-electron chi connectivity index (χ1n) is 6.79. The van der Waals surface area contributed by atoms with E-state index in [0.717, 1.165) is 32.1 Å². The SMILES string of the molecule is CCN(CC)CCNC1(CCl)CCCCC1. The molecular weight excluding hydrogens is 220 g/mol. The van der Waals surface area contributed by atoms with E-state index in [9.17, 15) is 0 Å². The Bertz CT molecular complexity index is 175. The standard InChI is InChI=1S/C13H27ClN2/c1-3-16(4-2)11-10-15-13(12-14)8-6-5-7-9-13/h15H,3-12H2,1-2H3. The highest BCUT2D eigenvalue weighted by atomic mass is 35.5. The third-order valence-electron chi connectivity index (χ3n) is 3.89. The van der Waals surface area contributed by atoms with E-state index >= 15 is 0 Å². The van der Waals surface area contributed by atoms with Crippen molar-refractivity contribution in [3.8, 4) is 0 Å². The number of likely N-dealkylation sites (N-methyl/N-ethyl adjacent to an activating group) is 1. The van der Waals surface area contributed by atoms with Crippen LogP contribution in [0.1, 0.15) is 46.0 Å². The number of rotatable bonds is 7. The van der Waals surface area contributed by atoms with Gasteiger partial charge in [0, 0.05) is 24.5 Å². The van der Waals surface area contributed by atoms with Gasteiger partial charge in [0.25, 0.3) is 0 Å². The van der Waals surface area contributed by atoms with Gasteiger partial charge in [0.15, 0.2) is 0 Å². The lowest BCUT2D eigenvalue weighted by molar-refractivity contribution is 0.233. The Balaban J connectivity index is 2.27. The van der Waals surface area contributed by atoms with Crippen molar-refractivity contribution < 1.29 is 0 Å². The molecule has 0 radical (unpaired) electrons. The molecule has 0 aliphatic heterocycles. The average molecular weight is 247 g/mol. The minimum Gasteiger partial charge on any atom is -0.309 e. The van der Waals surface area contributed by atoms with E-state index < -0.39 is 0 Å². The number of nitrogens with zero attached hydrogens (tertiary/aromatic N) is 1. The van der Waals surface area contributed by atoms with Gasteiger partial charge in [-0.25, -0.2) is 0 Å². The van der Waals surface area contributed by atoms with Crippen molar-refractivity contribution in [3.63, 3.8) is 0 Å². The van der Waals surface area contributed by atoms with E-state index in [1.54, 1.807) is 0 Å². The minimum atomic E-state index is 0.243. The Hall–Kier alpha value is 0.210. The number of halogens is 1. The Labute approximate surface area is 106 Å². The van der Waals surface area contributed by atoms with Crippen molar-refractivity contribution in [2.45, 2.75) is 51.5 Å². The number of nitrogens with one attached hydrogen (secondary N) is 1. The Morgan fingerprint density at radius 2 is 1.75 bits per heavy atom. The molecule has 1 saturated carbocycles. The molecule has 16 heavy (non-hydrogen) atoms. The van der Waals surface area contributed by atoms with Crippen LogP contribution >= 0.6 is 11.6 Å². The number of alkyl halides is 1. The summed E-state index contributed by atoms with van der Waals surface area (Å²) in [7, 11) is 0. The van der Waals surface area contributed by atoms with Gasteiger partial charge >= 0.3 is 0 Å². The molecular formula is C13H27ClN2. The summed E-state index contributed by atoms with van der Waals surface area (Å²) >= 11 is 6.14. The summed E-state index contributed by atoms with van der Waals surface area (Å²) in [6.45, 7) is 8.96. The van der Waals surface area contributed by atoms with Crippen LogP contribution in [0, 0.1) is 0 Å². The molecule has 3 heteroatoms. The molecule has 0 saturated heterocycles. The van der Waals surface area contributed by atoms with Gasteiger partial charge in [-0.15, -0.1) is 11.6 Å². The van der Waals surface area contributed by atoms with Crippen molar-refractivity contribution in [3.05, 3.63) is 0 Å². The topological polar surface area (TPSA) is 15.3 Å². The highest BCUT2D eigenvalue weighted by molar-refractivity contribution is 6.18. The molecule has 2 nitrogen and oxygen atoms in total. The average Bonchev–Trinajstić information content (AvgIpc) is 2.36. The molecule has 0 bridgehead atoms. The van der Waals surface area contributed by atoms with Crippen molar-refractivity contribution in [2.75, 3.05) is 32.1 Å². The zero-order chi connectivity index (χ0) is 11.9. The fourth-order valence-corrected chi connectivity index (χ4v) is 2.97. The molecule has 0 unspecified atom stereocenters. The molecule has 1 aliphatic rings. The maximum absolute atomic E-state index is 6.14. The second-order valence-corrected chi connectivity index (χ2v) is 5.20. The molecule has 1 rings (SSSR count). The van der Waals surface area contributed by atoms with Gasteiger partial charge in [-0.2, -0.15) is 0 Å². The van der Waals surface area contributed by atoms with Crippen LogP contribution in [0.5, 0.6) is 0 Å². The second-order valence-electron chi connectivity index (χ2n) is 4.93. The molecule has 0 amide bonds. The van der Waals surface area contributed by atoms with E-state index in [-0.39, 0.29) is 5.54 Å². The predicted molar refractivity (Wildman–Crippen MR) is 72.3 cm³/mol. The Morgan fingerprint density at radius 3 is 2.25 bits per heavy atom. The van der Waals surface area contributed by atoms with Crippen molar-refractivity contribution in [1.29, 1.82) is 0 Å². The zero-order valence-corrected chi connectivity index (χ0v) is 11.7. The molecule has 96 valence electrons. The second kappa shape index (κ2) is 7.52. The van der Waals surface area contributed by atoms with Gasteiger partial charge in [-0.1, -0.05) is 33.1 Å². The molecule has 1 aliphatic carbocycles. The van der Waals surface area contributed by atoms with Crippen LogP contribution in [0.3, 0.4) is 0 Å². The van der Waals surface area contributed by atoms with Crippen molar-refractivity contribution >= 4 is 11.6 Å². The van der Waals surface area contributed by atoms with Crippen LogP contribution in [-0.4, -0.2) is 42.5 Å². The fourth-order valence-electron chi connectivity index (χ4n) is 2.61. The van der Waals surface area contributed by atoms with Crippen molar-refractivity contribution in [2.24, 2.45) is 0 Å². The van der Waals surface area contributed by atoms with E-state index in [1.165, 1.54) is 32.1 Å². The van der Waals surface area contributed by atoms with Gasteiger partial charge < -0.3 is 10.2 Å². The van der Waals surface area contributed by atoms with E-state index in [4.69, 9.17) is 11.6 Å². The van der Waals surface area contributed by atoms with Crippen LogP contribution in [-0.2, 0) is 0 Å². The van der Waals surface area contributed by atoms with E-state index in [0.29, 0.717) is 0 Å². The first-order chi connectivity index (χ1) is 7.76. The smallest absolute Gasteiger partial charge is 0.0406 e. The van der Waals surface area contributed by atoms with Crippen LogP contribution in [0.25, 0.3) is 0 Å². The summed E-state index contributed by atoms with van der Waals surface area (Å²) in [4.78, 5) is 2.46. The van der Waals surface area contributed by atoms with E-state index in [2.05, 4.69) is 24.1 Å². The molecule has 1 fully saturated rings. The maximum Gasteiger partial charge on any atom is 0.0406 e. The summed E-state index contributed by atoms with van der Waals surface area (Å²) in [6, 6.07) is 0. The highest BCUT2D eigenvalue weighted by Gasteiger charge is 2.30.